The fourth-order valence-electron chi connectivity index (χ4n) is 3.34. The summed E-state index contributed by atoms with van der Waals surface area (Å²) >= 11 is 0. The quantitative estimate of drug-likeness (QED) is 0.564. The summed E-state index contributed by atoms with van der Waals surface area (Å²) in [5, 5.41) is 2.99. The maximum absolute atomic E-state index is 12.2. The number of amides is 1. The van der Waals surface area contributed by atoms with Crippen LogP contribution in [0, 0.1) is 6.92 Å². The molecule has 0 spiro atoms. The zero-order valence-corrected chi connectivity index (χ0v) is 15.8. The van der Waals surface area contributed by atoms with E-state index in [1.807, 2.05) is 66.1 Å². The Morgan fingerprint density at radius 2 is 1.75 bits per heavy atom. The molecule has 0 aliphatic heterocycles. The third kappa shape index (κ3) is 3.93. The monoisotopic (exact) mass is 370 g/mol. The van der Waals surface area contributed by atoms with Crippen LogP contribution >= 0.6 is 0 Å². The molecule has 5 heteroatoms. The van der Waals surface area contributed by atoms with Gasteiger partial charge in [-0.3, -0.25) is 9.36 Å². The van der Waals surface area contributed by atoms with Crippen LogP contribution in [0.5, 0.6) is 0 Å². The van der Waals surface area contributed by atoms with E-state index in [4.69, 9.17) is 0 Å². The molecule has 4 rings (SSSR count). The van der Waals surface area contributed by atoms with Gasteiger partial charge in [-0.05, 0) is 48.7 Å². The third-order valence-corrected chi connectivity index (χ3v) is 4.72. The van der Waals surface area contributed by atoms with E-state index in [1.54, 1.807) is 6.20 Å². The van der Waals surface area contributed by atoms with Crippen molar-refractivity contribution in [2.45, 2.75) is 19.8 Å². The Morgan fingerprint density at radius 1 is 0.964 bits per heavy atom. The van der Waals surface area contributed by atoms with Crippen molar-refractivity contribution in [2.75, 3.05) is 6.54 Å². The topological polar surface area (TPSA) is 59.8 Å². The van der Waals surface area contributed by atoms with E-state index in [-0.39, 0.29) is 5.91 Å². The molecule has 2 heterocycles. The minimum Gasteiger partial charge on any atom is -0.355 e. The summed E-state index contributed by atoms with van der Waals surface area (Å²) in [5.74, 6) is 0.926. The molecule has 1 N–H and O–H groups in total. The lowest BCUT2D eigenvalue weighted by molar-refractivity contribution is -0.120. The van der Waals surface area contributed by atoms with Gasteiger partial charge in [0.1, 0.15) is 11.3 Å². The second-order valence-corrected chi connectivity index (χ2v) is 6.77. The largest absolute Gasteiger partial charge is 0.355 e. The van der Waals surface area contributed by atoms with Crippen molar-refractivity contribution in [3.8, 4) is 5.69 Å². The molecule has 0 aliphatic rings. The number of carbonyl (C=O) groups is 1. The molecule has 5 nitrogen and oxygen atoms in total. The first-order valence-corrected chi connectivity index (χ1v) is 9.41. The van der Waals surface area contributed by atoms with E-state index >= 15 is 0 Å². The van der Waals surface area contributed by atoms with Crippen molar-refractivity contribution >= 4 is 17.1 Å². The number of aryl methyl sites for hydroxylation is 1. The van der Waals surface area contributed by atoms with Crippen molar-refractivity contribution in [3.05, 3.63) is 89.9 Å². The lowest BCUT2D eigenvalue weighted by Gasteiger charge is -2.08. The van der Waals surface area contributed by atoms with Gasteiger partial charge in [0.25, 0.3) is 0 Å². The number of nitrogens with one attached hydrogen (secondary N) is 1. The number of carbonyl (C=O) groups excluding carboxylic acids is 1. The zero-order valence-electron chi connectivity index (χ0n) is 15.8. The molecule has 0 fully saturated rings. The molecule has 2 aromatic carbocycles. The molecule has 140 valence electrons. The van der Waals surface area contributed by atoms with Crippen LogP contribution < -0.4 is 5.32 Å². The van der Waals surface area contributed by atoms with Gasteiger partial charge in [0.05, 0.1) is 6.42 Å². The lowest BCUT2D eigenvalue weighted by Crippen LogP contribution is -2.27. The number of benzene rings is 2. The van der Waals surface area contributed by atoms with Crippen molar-refractivity contribution in [1.29, 1.82) is 0 Å². The van der Waals surface area contributed by atoms with Crippen molar-refractivity contribution in [1.82, 2.24) is 19.9 Å². The van der Waals surface area contributed by atoms with Crippen LogP contribution in [0.25, 0.3) is 16.9 Å². The molecule has 0 unspecified atom stereocenters. The fraction of sp³-hybridized carbons (Fsp3) is 0.174. The molecule has 1 amide bonds. The van der Waals surface area contributed by atoms with Crippen LogP contribution in [0.4, 0.5) is 0 Å². The average molecular weight is 370 g/mol. The van der Waals surface area contributed by atoms with Gasteiger partial charge in [0, 0.05) is 18.4 Å². The molecular weight excluding hydrogens is 348 g/mol. The summed E-state index contributed by atoms with van der Waals surface area (Å²) < 4.78 is 2.03. The van der Waals surface area contributed by atoms with Gasteiger partial charge in [-0.25, -0.2) is 9.97 Å². The Hall–Kier alpha value is -3.47. The number of fused-ring (bicyclic) bond motifs is 1. The summed E-state index contributed by atoms with van der Waals surface area (Å²) in [4.78, 5) is 21.2. The van der Waals surface area contributed by atoms with E-state index in [2.05, 4.69) is 27.4 Å². The number of imidazole rings is 1. The van der Waals surface area contributed by atoms with Gasteiger partial charge in [-0.2, -0.15) is 0 Å². The molecule has 0 saturated heterocycles. The second kappa shape index (κ2) is 8.05. The van der Waals surface area contributed by atoms with E-state index in [0.29, 0.717) is 13.0 Å². The van der Waals surface area contributed by atoms with Crippen molar-refractivity contribution in [3.63, 3.8) is 0 Å². The minimum atomic E-state index is 0.0367. The molecule has 2 aromatic heterocycles. The Balaban J connectivity index is 1.39. The van der Waals surface area contributed by atoms with Gasteiger partial charge < -0.3 is 5.32 Å². The highest BCUT2D eigenvalue weighted by molar-refractivity contribution is 5.78. The van der Waals surface area contributed by atoms with Gasteiger partial charge >= 0.3 is 0 Å². The minimum absolute atomic E-state index is 0.0367. The van der Waals surface area contributed by atoms with Crippen LogP contribution in [-0.4, -0.2) is 27.0 Å². The predicted molar refractivity (Wildman–Crippen MR) is 110 cm³/mol. The van der Waals surface area contributed by atoms with Crippen LogP contribution in [0.1, 0.15) is 17.0 Å². The number of rotatable bonds is 6. The SMILES string of the molecule is Cc1nc2cccnc2n1-c1ccc(CC(=O)NCCc2ccccc2)cc1. The van der Waals surface area contributed by atoms with Gasteiger partial charge in [0.2, 0.25) is 5.91 Å². The molecule has 0 atom stereocenters. The zero-order chi connectivity index (χ0) is 19.3. The molecule has 0 radical (unpaired) electrons. The van der Waals surface area contributed by atoms with Gasteiger partial charge in [-0.15, -0.1) is 0 Å². The highest BCUT2D eigenvalue weighted by atomic mass is 16.1. The van der Waals surface area contributed by atoms with Gasteiger partial charge in [0.15, 0.2) is 5.65 Å². The average Bonchev–Trinajstić information content (AvgIpc) is 3.05. The molecule has 0 saturated carbocycles. The fourth-order valence-corrected chi connectivity index (χ4v) is 3.34. The highest BCUT2D eigenvalue weighted by Crippen LogP contribution is 2.19. The maximum Gasteiger partial charge on any atom is 0.224 e. The van der Waals surface area contributed by atoms with Crippen LogP contribution in [-0.2, 0) is 17.6 Å². The maximum atomic E-state index is 12.2. The van der Waals surface area contributed by atoms with E-state index in [1.165, 1.54) is 5.56 Å². The second-order valence-electron chi connectivity index (χ2n) is 6.77. The van der Waals surface area contributed by atoms with E-state index < -0.39 is 0 Å². The highest BCUT2D eigenvalue weighted by Gasteiger charge is 2.10. The van der Waals surface area contributed by atoms with Gasteiger partial charge in [-0.1, -0.05) is 42.5 Å². The Kier molecular flexibility index (Phi) is 5.15. The van der Waals surface area contributed by atoms with Crippen LogP contribution in [0.3, 0.4) is 0 Å². The van der Waals surface area contributed by atoms with Crippen LogP contribution in [0.2, 0.25) is 0 Å². The van der Waals surface area contributed by atoms with Crippen molar-refractivity contribution in [2.24, 2.45) is 0 Å². The summed E-state index contributed by atoms with van der Waals surface area (Å²) in [6.45, 7) is 2.61. The standard InChI is InChI=1S/C23H22N4O/c1-17-26-21-8-5-14-25-23(21)27(17)20-11-9-19(10-12-20)16-22(28)24-15-13-18-6-3-2-4-7-18/h2-12,14H,13,15-16H2,1H3,(H,24,28). The summed E-state index contributed by atoms with van der Waals surface area (Å²) in [7, 11) is 0. The van der Waals surface area contributed by atoms with E-state index in [9.17, 15) is 4.79 Å². The lowest BCUT2D eigenvalue weighted by atomic mass is 10.1. The predicted octanol–water partition coefficient (Wildman–Crippen LogP) is 3.63. The number of pyridine rings is 1. The summed E-state index contributed by atoms with van der Waals surface area (Å²) in [5.41, 5.74) is 4.92. The summed E-state index contributed by atoms with van der Waals surface area (Å²) in [6.07, 6.45) is 2.98. The van der Waals surface area contributed by atoms with Crippen molar-refractivity contribution < 1.29 is 4.79 Å². The van der Waals surface area contributed by atoms with E-state index in [0.717, 1.165) is 34.7 Å². The molecule has 0 bridgehead atoms. The smallest absolute Gasteiger partial charge is 0.224 e. The summed E-state index contributed by atoms with van der Waals surface area (Å²) in [6, 6.07) is 22.0. The first-order valence-electron chi connectivity index (χ1n) is 9.41. The van der Waals surface area contributed by atoms with Crippen LogP contribution in [0.15, 0.2) is 72.9 Å². The first-order chi connectivity index (χ1) is 13.7. The molecule has 28 heavy (non-hydrogen) atoms. The Bertz CT molecular complexity index is 1080. The third-order valence-electron chi connectivity index (χ3n) is 4.72. The molecular formula is C23H22N4O. The molecule has 4 aromatic rings. The molecule has 0 aliphatic carbocycles. The Labute approximate surface area is 164 Å². The normalized spacial score (nSPS) is 10.9. The Morgan fingerprint density at radius 3 is 2.54 bits per heavy atom. The number of hydrogen-bond acceptors (Lipinski definition) is 3. The number of hydrogen-bond donors (Lipinski definition) is 1. The number of aromatic nitrogens is 3. The number of nitrogens with zero attached hydrogens (tertiary/aromatic N) is 3. The first kappa shape index (κ1) is 17.9.